The number of para-hydroxylation sites is 1. The highest BCUT2D eigenvalue weighted by Crippen LogP contribution is 2.19. The summed E-state index contributed by atoms with van der Waals surface area (Å²) in [5.41, 5.74) is 18.1. The summed E-state index contributed by atoms with van der Waals surface area (Å²) >= 11 is 0. The standard InChI is InChI=1S/C10H15N.C10H14.C6H7N/c1-7(2)9-5-4-8(3)10(11)6-9;1-8(2)10-6-4-9(3)5-7-10;7-6-4-2-1-3-5-6/h4-7H,11H2,1-3H3;4-8H,1-3H3;1-5H,7H2. The van der Waals surface area contributed by atoms with Gasteiger partial charge in [0.25, 0.3) is 0 Å². The lowest BCUT2D eigenvalue weighted by atomic mass is 10.0. The van der Waals surface area contributed by atoms with Gasteiger partial charge in [0.05, 0.1) is 0 Å². The van der Waals surface area contributed by atoms with Crippen molar-refractivity contribution >= 4 is 11.4 Å². The molecule has 0 atom stereocenters. The van der Waals surface area contributed by atoms with E-state index in [2.05, 4.69) is 77.1 Å². The number of anilines is 2. The van der Waals surface area contributed by atoms with Crippen LogP contribution in [-0.2, 0) is 0 Å². The lowest BCUT2D eigenvalue weighted by Crippen LogP contribution is -1.93. The lowest BCUT2D eigenvalue weighted by Gasteiger charge is -2.07. The molecular weight excluding hydrogens is 340 g/mol. The van der Waals surface area contributed by atoms with Crippen molar-refractivity contribution in [3.8, 4) is 0 Å². The van der Waals surface area contributed by atoms with Crippen LogP contribution in [0.5, 0.6) is 0 Å². The van der Waals surface area contributed by atoms with Gasteiger partial charge < -0.3 is 11.5 Å². The van der Waals surface area contributed by atoms with Crippen LogP contribution in [0.3, 0.4) is 0 Å². The molecule has 3 aromatic carbocycles. The number of rotatable bonds is 2. The molecule has 3 aromatic rings. The summed E-state index contributed by atoms with van der Waals surface area (Å²) in [5, 5.41) is 0. The number of nitrogen functional groups attached to an aromatic ring is 2. The molecule has 150 valence electrons. The van der Waals surface area contributed by atoms with Gasteiger partial charge >= 0.3 is 0 Å². The molecule has 0 bridgehead atoms. The minimum Gasteiger partial charge on any atom is -0.399 e. The van der Waals surface area contributed by atoms with E-state index in [4.69, 9.17) is 11.5 Å². The summed E-state index contributed by atoms with van der Waals surface area (Å²) in [7, 11) is 0. The zero-order valence-corrected chi connectivity index (χ0v) is 18.2. The topological polar surface area (TPSA) is 52.0 Å². The van der Waals surface area contributed by atoms with Crippen molar-refractivity contribution in [1.82, 2.24) is 0 Å². The zero-order chi connectivity index (χ0) is 21.1. The molecule has 0 saturated heterocycles. The normalized spacial score (nSPS) is 10.0. The van der Waals surface area contributed by atoms with Crippen LogP contribution in [0.4, 0.5) is 11.4 Å². The third-order valence-corrected chi connectivity index (χ3v) is 4.51. The second-order valence-electron chi connectivity index (χ2n) is 7.75. The Bertz CT molecular complexity index is 804. The first-order valence-electron chi connectivity index (χ1n) is 9.93. The van der Waals surface area contributed by atoms with Gasteiger partial charge in [0.1, 0.15) is 0 Å². The van der Waals surface area contributed by atoms with Crippen LogP contribution in [0.2, 0.25) is 0 Å². The van der Waals surface area contributed by atoms with Crippen LogP contribution >= 0.6 is 0 Å². The van der Waals surface area contributed by atoms with Gasteiger partial charge in [0.2, 0.25) is 0 Å². The maximum atomic E-state index is 5.76. The molecular formula is C26H36N2. The van der Waals surface area contributed by atoms with Gasteiger partial charge in [-0.3, -0.25) is 0 Å². The first-order valence-corrected chi connectivity index (χ1v) is 9.93. The van der Waals surface area contributed by atoms with Crippen molar-refractivity contribution in [2.75, 3.05) is 11.5 Å². The third kappa shape index (κ3) is 8.77. The fraction of sp³-hybridized carbons (Fsp3) is 0.308. The maximum absolute atomic E-state index is 5.76. The summed E-state index contributed by atoms with van der Waals surface area (Å²) in [6.07, 6.45) is 0. The summed E-state index contributed by atoms with van der Waals surface area (Å²) in [5.74, 6) is 1.22. The number of aryl methyl sites for hydroxylation is 2. The first kappa shape index (κ1) is 23.3. The van der Waals surface area contributed by atoms with Gasteiger partial charge in [-0.05, 0) is 60.6 Å². The number of benzene rings is 3. The Morgan fingerprint density at radius 1 is 0.607 bits per heavy atom. The van der Waals surface area contributed by atoms with Crippen LogP contribution in [0.15, 0.2) is 72.8 Å². The van der Waals surface area contributed by atoms with Crippen LogP contribution in [0, 0.1) is 13.8 Å². The van der Waals surface area contributed by atoms with Gasteiger partial charge in [0.15, 0.2) is 0 Å². The Hall–Kier alpha value is -2.74. The molecule has 2 nitrogen and oxygen atoms in total. The predicted molar refractivity (Wildman–Crippen MR) is 126 cm³/mol. The smallest absolute Gasteiger partial charge is 0.0346 e. The Labute approximate surface area is 171 Å². The maximum Gasteiger partial charge on any atom is 0.0346 e. The van der Waals surface area contributed by atoms with Gasteiger partial charge in [0, 0.05) is 11.4 Å². The first-order chi connectivity index (χ1) is 13.2. The van der Waals surface area contributed by atoms with E-state index in [0.29, 0.717) is 11.8 Å². The van der Waals surface area contributed by atoms with Gasteiger partial charge in [-0.2, -0.15) is 0 Å². The molecule has 0 aliphatic heterocycles. The molecule has 0 radical (unpaired) electrons. The van der Waals surface area contributed by atoms with E-state index in [0.717, 1.165) is 16.9 Å². The monoisotopic (exact) mass is 376 g/mol. The zero-order valence-electron chi connectivity index (χ0n) is 18.2. The van der Waals surface area contributed by atoms with Crippen molar-refractivity contribution in [2.24, 2.45) is 0 Å². The molecule has 4 N–H and O–H groups in total. The summed E-state index contributed by atoms with van der Waals surface area (Å²) < 4.78 is 0. The van der Waals surface area contributed by atoms with E-state index in [9.17, 15) is 0 Å². The van der Waals surface area contributed by atoms with Crippen molar-refractivity contribution in [1.29, 1.82) is 0 Å². The average molecular weight is 377 g/mol. The van der Waals surface area contributed by atoms with E-state index < -0.39 is 0 Å². The highest BCUT2D eigenvalue weighted by Gasteiger charge is 1.99. The lowest BCUT2D eigenvalue weighted by molar-refractivity contribution is 0.866. The molecule has 0 unspecified atom stereocenters. The minimum absolute atomic E-state index is 0.567. The second-order valence-corrected chi connectivity index (χ2v) is 7.75. The van der Waals surface area contributed by atoms with Gasteiger partial charge in [-0.1, -0.05) is 87.9 Å². The second kappa shape index (κ2) is 11.9. The van der Waals surface area contributed by atoms with Gasteiger partial charge in [-0.25, -0.2) is 0 Å². The molecule has 0 fully saturated rings. The van der Waals surface area contributed by atoms with Crippen LogP contribution in [0.25, 0.3) is 0 Å². The molecule has 3 rings (SSSR count). The highest BCUT2D eigenvalue weighted by molar-refractivity contribution is 5.48. The average Bonchev–Trinajstić information content (AvgIpc) is 2.66. The van der Waals surface area contributed by atoms with Crippen molar-refractivity contribution in [2.45, 2.75) is 53.4 Å². The van der Waals surface area contributed by atoms with Crippen molar-refractivity contribution in [3.63, 3.8) is 0 Å². The number of nitrogens with two attached hydrogens (primary N) is 2. The minimum atomic E-state index is 0.567. The quantitative estimate of drug-likeness (QED) is 0.469. The fourth-order valence-electron chi connectivity index (χ4n) is 2.42. The highest BCUT2D eigenvalue weighted by atomic mass is 14.6. The molecule has 0 aromatic heterocycles. The van der Waals surface area contributed by atoms with Gasteiger partial charge in [-0.15, -0.1) is 0 Å². The van der Waals surface area contributed by atoms with E-state index in [1.807, 2.05) is 37.3 Å². The third-order valence-electron chi connectivity index (χ3n) is 4.51. The molecule has 2 heteroatoms. The summed E-state index contributed by atoms with van der Waals surface area (Å²) in [6, 6.07) is 24.5. The van der Waals surface area contributed by atoms with E-state index in [1.165, 1.54) is 16.7 Å². The molecule has 0 heterocycles. The molecule has 28 heavy (non-hydrogen) atoms. The largest absolute Gasteiger partial charge is 0.399 e. The fourth-order valence-corrected chi connectivity index (χ4v) is 2.42. The Morgan fingerprint density at radius 3 is 1.50 bits per heavy atom. The predicted octanol–water partition coefficient (Wildman–Crippen LogP) is 7.09. The Balaban J connectivity index is 0.000000215. The van der Waals surface area contributed by atoms with Crippen molar-refractivity contribution in [3.05, 3.63) is 95.1 Å². The molecule has 0 aliphatic rings. The van der Waals surface area contributed by atoms with Crippen LogP contribution in [-0.4, -0.2) is 0 Å². The Kier molecular flexibility index (Phi) is 9.87. The molecule has 0 aliphatic carbocycles. The molecule has 0 spiro atoms. The van der Waals surface area contributed by atoms with Crippen LogP contribution in [0.1, 0.15) is 61.8 Å². The number of hydrogen-bond acceptors (Lipinski definition) is 2. The summed E-state index contributed by atoms with van der Waals surface area (Å²) in [6.45, 7) is 12.9. The van der Waals surface area contributed by atoms with Crippen LogP contribution < -0.4 is 11.5 Å². The molecule has 0 amide bonds. The van der Waals surface area contributed by atoms with E-state index in [1.54, 1.807) is 0 Å². The summed E-state index contributed by atoms with van der Waals surface area (Å²) in [4.78, 5) is 0. The van der Waals surface area contributed by atoms with Crippen molar-refractivity contribution < 1.29 is 0 Å². The SMILES string of the molecule is Cc1ccc(C(C)C)cc1.Cc1ccc(C(C)C)cc1N.Nc1ccccc1. The number of hydrogen-bond donors (Lipinski definition) is 2. The molecule has 0 saturated carbocycles. The van der Waals surface area contributed by atoms with E-state index >= 15 is 0 Å². The Morgan fingerprint density at radius 2 is 1.11 bits per heavy atom. The van der Waals surface area contributed by atoms with E-state index in [-0.39, 0.29) is 0 Å².